The van der Waals surface area contributed by atoms with E-state index in [1.165, 1.54) is 16.7 Å². The Morgan fingerprint density at radius 2 is 1.17 bits per heavy atom. The van der Waals surface area contributed by atoms with Gasteiger partial charge in [-0.25, -0.2) is 0 Å². The highest BCUT2D eigenvalue weighted by Gasteiger charge is 2.26. The molecule has 0 nitrogen and oxygen atoms in total. The SMILES string of the molecule is CC(C)(CC(Cc1ccccc1)c1ccccc1)c1ccccc1. The lowest BCUT2D eigenvalue weighted by Gasteiger charge is -2.31. The van der Waals surface area contributed by atoms with Gasteiger partial charge in [-0.15, -0.1) is 0 Å². The lowest BCUT2D eigenvalue weighted by Crippen LogP contribution is -2.22. The molecule has 3 aromatic carbocycles. The van der Waals surface area contributed by atoms with Crippen LogP contribution in [0.2, 0.25) is 0 Å². The molecule has 0 saturated carbocycles. The van der Waals surface area contributed by atoms with Crippen molar-refractivity contribution in [3.05, 3.63) is 108 Å². The lowest BCUT2D eigenvalue weighted by molar-refractivity contribution is 0.422. The van der Waals surface area contributed by atoms with Gasteiger partial charge in [0.15, 0.2) is 0 Å². The van der Waals surface area contributed by atoms with E-state index >= 15 is 0 Å². The summed E-state index contributed by atoms with van der Waals surface area (Å²) in [6.07, 6.45) is 2.22. The van der Waals surface area contributed by atoms with Crippen LogP contribution in [-0.4, -0.2) is 0 Å². The fourth-order valence-corrected chi connectivity index (χ4v) is 3.55. The minimum atomic E-state index is 0.149. The highest BCUT2D eigenvalue weighted by molar-refractivity contribution is 5.28. The zero-order valence-electron chi connectivity index (χ0n) is 14.7. The first-order valence-electron chi connectivity index (χ1n) is 8.79. The molecule has 0 heterocycles. The Bertz CT molecular complexity index is 727. The van der Waals surface area contributed by atoms with E-state index in [0.717, 1.165) is 12.8 Å². The summed E-state index contributed by atoms with van der Waals surface area (Å²) in [4.78, 5) is 0. The van der Waals surface area contributed by atoms with Crippen LogP contribution in [0.5, 0.6) is 0 Å². The maximum atomic E-state index is 2.36. The average Bonchev–Trinajstić information content (AvgIpc) is 2.63. The van der Waals surface area contributed by atoms with Gasteiger partial charge < -0.3 is 0 Å². The lowest BCUT2D eigenvalue weighted by atomic mass is 9.73. The van der Waals surface area contributed by atoms with Crippen molar-refractivity contribution in [1.29, 1.82) is 0 Å². The van der Waals surface area contributed by atoms with Crippen molar-refractivity contribution >= 4 is 0 Å². The van der Waals surface area contributed by atoms with Crippen LogP contribution in [-0.2, 0) is 11.8 Å². The summed E-state index contributed by atoms with van der Waals surface area (Å²) in [7, 11) is 0. The van der Waals surface area contributed by atoms with E-state index in [4.69, 9.17) is 0 Å². The summed E-state index contributed by atoms with van der Waals surface area (Å²) in [5, 5.41) is 0. The Labute approximate surface area is 146 Å². The topological polar surface area (TPSA) is 0 Å². The maximum Gasteiger partial charge on any atom is -0.00976 e. The minimum Gasteiger partial charge on any atom is -0.0622 e. The van der Waals surface area contributed by atoms with Crippen molar-refractivity contribution in [2.45, 2.75) is 38.0 Å². The fraction of sp³-hybridized carbons (Fsp3) is 0.250. The Morgan fingerprint density at radius 3 is 1.75 bits per heavy atom. The Hall–Kier alpha value is -2.34. The maximum absolute atomic E-state index is 2.36. The molecule has 3 aromatic rings. The molecular weight excluding hydrogens is 288 g/mol. The van der Waals surface area contributed by atoms with Crippen molar-refractivity contribution in [3.8, 4) is 0 Å². The first-order chi connectivity index (χ1) is 11.6. The van der Waals surface area contributed by atoms with E-state index in [0.29, 0.717) is 5.92 Å². The molecular formula is C24H26. The molecule has 0 aliphatic heterocycles. The summed E-state index contributed by atoms with van der Waals surface area (Å²) < 4.78 is 0. The molecule has 0 radical (unpaired) electrons. The molecule has 0 heteroatoms. The fourth-order valence-electron chi connectivity index (χ4n) is 3.55. The highest BCUT2D eigenvalue weighted by Crippen LogP contribution is 2.36. The number of hydrogen-bond acceptors (Lipinski definition) is 0. The van der Waals surface area contributed by atoms with Crippen LogP contribution in [0.25, 0.3) is 0 Å². The van der Waals surface area contributed by atoms with Gasteiger partial charge in [-0.2, -0.15) is 0 Å². The molecule has 122 valence electrons. The quantitative estimate of drug-likeness (QED) is 0.495. The van der Waals surface area contributed by atoms with E-state index in [1.807, 2.05) is 0 Å². The van der Waals surface area contributed by atoms with Crippen LogP contribution in [0.4, 0.5) is 0 Å². The molecule has 1 atom stereocenters. The minimum absolute atomic E-state index is 0.149. The Balaban J connectivity index is 1.87. The predicted octanol–water partition coefficient (Wildman–Crippen LogP) is 6.38. The van der Waals surface area contributed by atoms with Gasteiger partial charge in [0.2, 0.25) is 0 Å². The van der Waals surface area contributed by atoms with Crippen molar-refractivity contribution in [1.82, 2.24) is 0 Å². The summed E-state index contributed by atoms with van der Waals surface area (Å²) in [5.41, 5.74) is 4.41. The van der Waals surface area contributed by atoms with E-state index in [1.54, 1.807) is 0 Å². The molecule has 0 fully saturated rings. The van der Waals surface area contributed by atoms with Crippen molar-refractivity contribution in [2.75, 3.05) is 0 Å². The molecule has 0 saturated heterocycles. The molecule has 24 heavy (non-hydrogen) atoms. The second-order valence-electron chi connectivity index (χ2n) is 7.25. The molecule has 0 N–H and O–H groups in total. The number of rotatable bonds is 6. The molecule has 1 unspecified atom stereocenters. The summed E-state index contributed by atoms with van der Waals surface area (Å²) >= 11 is 0. The third kappa shape index (κ3) is 4.14. The van der Waals surface area contributed by atoms with Crippen LogP contribution in [0, 0.1) is 0 Å². The van der Waals surface area contributed by atoms with E-state index in [9.17, 15) is 0 Å². The monoisotopic (exact) mass is 314 g/mol. The van der Waals surface area contributed by atoms with E-state index in [2.05, 4.69) is 105 Å². The Morgan fingerprint density at radius 1 is 0.667 bits per heavy atom. The van der Waals surface area contributed by atoms with Crippen LogP contribution < -0.4 is 0 Å². The average molecular weight is 314 g/mol. The zero-order chi connectivity index (χ0) is 16.8. The third-order valence-corrected chi connectivity index (χ3v) is 4.91. The van der Waals surface area contributed by atoms with Gasteiger partial charge in [0.1, 0.15) is 0 Å². The van der Waals surface area contributed by atoms with Crippen molar-refractivity contribution in [2.24, 2.45) is 0 Å². The normalized spacial score (nSPS) is 12.8. The molecule has 0 aliphatic carbocycles. The first-order valence-corrected chi connectivity index (χ1v) is 8.79. The highest BCUT2D eigenvalue weighted by atomic mass is 14.3. The molecule has 0 aromatic heterocycles. The van der Waals surface area contributed by atoms with Crippen LogP contribution >= 0.6 is 0 Å². The zero-order valence-corrected chi connectivity index (χ0v) is 14.7. The molecule has 0 bridgehead atoms. The smallest absolute Gasteiger partial charge is 0.00976 e. The van der Waals surface area contributed by atoms with Gasteiger partial charge in [-0.1, -0.05) is 105 Å². The van der Waals surface area contributed by atoms with Crippen LogP contribution in [0.1, 0.15) is 42.9 Å². The van der Waals surface area contributed by atoms with Crippen LogP contribution in [0.3, 0.4) is 0 Å². The second-order valence-corrected chi connectivity index (χ2v) is 7.25. The predicted molar refractivity (Wildman–Crippen MR) is 103 cm³/mol. The second kappa shape index (κ2) is 7.49. The van der Waals surface area contributed by atoms with Gasteiger partial charge in [0.05, 0.1) is 0 Å². The number of hydrogen-bond donors (Lipinski definition) is 0. The van der Waals surface area contributed by atoms with E-state index in [-0.39, 0.29) is 5.41 Å². The Kier molecular flexibility index (Phi) is 5.15. The van der Waals surface area contributed by atoms with Gasteiger partial charge in [-0.05, 0) is 40.9 Å². The van der Waals surface area contributed by atoms with Gasteiger partial charge in [0.25, 0.3) is 0 Å². The first kappa shape index (κ1) is 16.5. The molecule has 0 amide bonds. The van der Waals surface area contributed by atoms with Gasteiger partial charge in [-0.3, -0.25) is 0 Å². The van der Waals surface area contributed by atoms with E-state index < -0.39 is 0 Å². The summed E-state index contributed by atoms with van der Waals surface area (Å²) in [6.45, 7) is 4.73. The van der Waals surface area contributed by atoms with Crippen LogP contribution in [0.15, 0.2) is 91.0 Å². The largest absolute Gasteiger partial charge is 0.0622 e. The number of benzene rings is 3. The molecule has 0 aliphatic rings. The van der Waals surface area contributed by atoms with Crippen molar-refractivity contribution in [3.63, 3.8) is 0 Å². The molecule has 3 rings (SSSR count). The summed E-state index contributed by atoms with van der Waals surface area (Å²) in [5.74, 6) is 0.517. The third-order valence-electron chi connectivity index (χ3n) is 4.91. The van der Waals surface area contributed by atoms with Gasteiger partial charge in [0, 0.05) is 0 Å². The van der Waals surface area contributed by atoms with Gasteiger partial charge >= 0.3 is 0 Å². The molecule has 0 spiro atoms. The van der Waals surface area contributed by atoms with Crippen molar-refractivity contribution < 1.29 is 0 Å². The standard InChI is InChI=1S/C24H26/c1-24(2,23-16-10-5-11-17-23)19-22(21-14-8-4-9-15-21)18-20-12-6-3-7-13-20/h3-17,22H,18-19H2,1-2H3. The summed E-state index contributed by atoms with van der Waals surface area (Å²) in [6, 6.07) is 32.7.